The van der Waals surface area contributed by atoms with Crippen LogP contribution in [0.25, 0.3) is 5.70 Å². The zero-order valence-corrected chi connectivity index (χ0v) is 22.5. The van der Waals surface area contributed by atoms with Gasteiger partial charge in [-0.05, 0) is 54.3 Å². The van der Waals surface area contributed by atoms with Crippen LogP contribution in [0, 0.1) is 11.8 Å². The fraction of sp³-hybridized carbons (Fsp3) is 0.400. The lowest BCUT2D eigenvalue weighted by Crippen LogP contribution is -2.51. The molecule has 7 nitrogen and oxygen atoms in total. The molecule has 0 bridgehead atoms. The molecule has 0 spiro atoms. The molecule has 4 atom stereocenters. The maximum Gasteiger partial charge on any atom is 0.392 e. The molecule has 1 unspecified atom stereocenters. The number of nitrogens with zero attached hydrogens (tertiary/aromatic N) is 3. The van der Waals surface area contributed by atoms with E-state index in [-0.39, 0.29) is 18.0 Å². The number of alkyl halides is 3. The van der Waals surface area contributed by atoms with E-state index in [1.165, 1.54) is 12.3 Å². The van der Waals surface area contributed by atoms with E-state index in [1.807, 2.05) is 42.6 Å². The minimum Gasteiger partial charge on any atom is -0.397 e. The number of hydrogen-bond donors (Lipinski definition) is 3. The van der Waals surface area contributed by atoms with E-state index in [9.17, 15) is 18.0 Å². The first-order valence-electron chi connectivity index (χ1n) is 13.6. The lowest BCUT2D eigenvalue weighted by Gasteiger charge is -2.41. The number of amides is 1. The average molecular weight is 553 g/mol. The van der Waals surface area contributed by atoms with E-state index in [0.29, 0.717) is 36.5 Å². The molecule has 212 valence electrons. The lowest BCUT2D eigenvalue weighted by atomic mass is 9.87. The van der Waals surface area contributed by atoms with Gasteiger partial charge in [-0.3, -0.25) is 9.79 Å². The van der Waals surface area contributed by atoms with Crippen molar-refractivity contribution in [2.75, 3.05) is 6.54 Å². The van der Waals surface area contributed by atoms with Gasteiger partial charge < -0.3 is 26.2 Å². The Labute approximate surface area is 232 Å². The van der Waals surface area contributed by atoms with E-state index in [2.05, 4.69) is 38.9 Å². The SMILES string of the molecule is C=CC(=NCc1ccc(C2=C3C(N)=CC=CN3C([C@@H]3CC[C@@H]4[C@H](C)CC(=O)N4C3)N2)cc1)N/C=C\CC(F)(F)F. The third-order valence-corrected chi connectivity index (χ3v) is 8.03. The summed E-state index contributed by atoms with van der Waals surface area (Å²) in [7, 11) is 0. The molecular formula is C30H35F3N6O. The van der Waals surface area contributed by atoms with Gasteiger partial charge in [0.1, 0.15) is 12.0 Å². The van der Waals surface area contributed by atoms with Gasteiger partial charge >= 0.3 is 6.18 Å². The lowest BCUT2D eigenvalue weighted by molar-refractivity contribution is -0.131. The van der Waals surface area contributed by atoms with Crippen molar-refractivity contribution >= 4 is 17.4 Å². The van der Waals surface area contributed by atoms with Crippen LogP contribution >= 0.6 is 0 Å². The quantitative estimate of drug-likeness (QED) is 0.336. The summed E-state index contributed by atoms with van der Waals surface area (Å²) in [6.07, 6.45) is 7.02. The van der Waals surface area contributed by atoms with Crippen molar-refractivity contribution in [3.05, 3.63) is 90.1 Å². The molecular weight excluding hydrogens is 517 g/mol. The number of carbonyl (C=O) groups excluding carboxylic acids is 1. The number of allylic oxidation sites excluding steroid dienone is 3. The molecule has 0 saturated carbocycles. The van der Waals surface area contributed by atoms with Crippen LogP contribution in [0.3, 0.4) is 0 Å². The predicted molar refractivity (Wildman–Crippen MR) is 150 cm³/mol. The van der Waals surface area contributed by atoms with Crippen molar-refractivity contribution in [2.24, 2.45) is 22.6 Å². The molecule has 1 amide bonds. The van der Waals surface area contributed by atoms with Crippen molar-refractivity contribution in [2.45, 2.75) is 57.5 Å². The van der Waals surface area contributed by atoms with Crippen molar-refractivity contribution in [1.29, 1.82) is 0 Å². The van der Waals surface area contributed by atoms with Crippen molar-refractivity contribution in [3.8, 4) is 0 Å². The van der Waals surface area contributed by atoms with Crippen molar-refractivity contribution < 1.29 is 18.0 Å². The van der Waals surface area contributed by atoms with Crippen LogP contribution < -0.4 is 16.4 Å². The van der Waals surface area contributed by atoms with Gasteiger partial charge in [0.2, 0.25) is 5.91 Å². The minimum atomic E-state index is -4.24. The third-order valence-electron chi connectivity index (χ3n) is 8.03. The number of fused-ring (bicyclic) bond motifs is 2. The number of nitrogens with one attached hydrogen (secondary N) is 2. The summed E-state index contributed by atoms with van der Waals surface area (Å²) in [5, 5.41) is 6.47. The standard InChI is InChI=1S/C30H35F3N6O/c1-3-25(35-14-5-13-30(31,32)33)36-17-20-7-9-21(10-8-20)27-28-23(34)6-4-15-38(28)29(37-27)22-11-12-24-19(2)16-26(40)39(24)18-22/h3-10,14-15,19,22,24,29,37H,1,11-13,16-18,34H2,2H3,(H,35,36)/b14-5-/t19-,22-,24-,29?/m1/s1. The fourth-order valence-corrected chi connectivity index (χ4v) is 6.04. The van der Waals surface area contributed by atoms with Crippen molar-refractivity contribution in [1.82, 2.24) is 20.4 Å². The maximum absolute atomic E-state index is 12.6. The first kappa shape index (κ1) is 27.6. The molecule has 1 aromatic carbocycles. The van der Waals surface area contributed by atoms with E-state index >= 15 is 0 Å². The summed E-state index contributed by atoms with van der Waals surface area (Å²) < 4.78 is 36.9. The van der Waals surface area contributed by atoms with Crippen LogP contribution in [0.15, 0.2) is 83.9 Å². The molecule has 0 aromatic heterocycles. The van der Waals surface area contributed by atoms with Gasteiger partial charge in [0, 0.05) is 31.1 Å². The average Bonchev–Trinajstić information content (AvgIpc) is 3.46. The zero-order valence-electron chi connectivity index (χ0n) is 22.5. The summed E-state index contributed by atoms with van der Waals surface area (Å²) in [6.45, 7) is 6.92. The van der Waals surface area contributed by atoms with Gasteiger partial charge in [0.25, 0.3) is 0 Å². The molecule has 10 heteroatoms. The molecule has 0 radical (unpaired) electrons. The second kappa shape index (κ2) is 11.3. The molecule has 5 rings (SSSR count). The van der Waals surface area contributed by atoms with E-state index in [1.54, 1.807) is 0 Å². The summed E-state index contributed by atoms with van der Waals surface area (Å²) >= 11 is 0. The Morgan fingerprint density at radius 2 is 2.05 bits per heavy atom. The maximum atomic E-state index is 12.6. The Balaban J connectivity index is 1.28. The number of halogens is 3. The molecule has 2 fully saturated rings. The highest BCUT2D eigenvalue weighted by Crippen LogP contribution is 2.41. The Morgan fingerprint density at radius 1 is 1.27 bits per heavy atom. The molecule has 4 N–H and O–H groups in total. The van der Waals surface area contributed by atoms with Crippen LogP contribution in [0.2, 0.25) is 0 Å². The minimum absolute atomic E-state index is 0.00550. The summed E-state index contributed by atoms with van der Waals surface area (Å²) in [5.41, 5.74) is 11.0. The number of amidine groups is 1. The summed E-state index contributed by atoms with van der Waals surface area (Å²) in [6, 6.07) is 8.32. The number of hydrogen-bond acceptors (Lipinski definition) is 5. The fourth-order valence-electron chi connectivity index (χ4n) is 6.04. The van der Waals surface area contributed by atoms with E-state index < -0.39 is 12.6 Å². The number of nitrogens with two attached hydrogens (primary N) is 1. The second-order valence-corrected chi connectivity index (χ2v) is 10.8. The van der Waals surface area contributed by atoms with Gasteiger partial charge in [0.05, 0.1) is 30.1 Å². The van der Waals surface area contributed by atoms with E-state index in [0.717, 1.165) is 48.0 Å². The Kier molecular flexibility index (Phi) is 7.78. The third kappa shape index (κ3) is 5.80. The number of piperidine rings is 1. The Morgan fingerprint density at radius 3 is 2.77 bits per heavy atom. The normalized spacial score (nSPS) is 26.6. The zero-order chi connectivity index (χ0) is 28.4. The highest BCUT2D eigenvalue weighted by molar-refractivity contribution is 5.93. The molecule has 4 aliphatic heterocycles. The molecule has 2 saturated heterocycles. The first-order chi connectivity index (χ1) is 19.1. The molecule has 4 heterocycles. The number of rotatable bonds is 7. The highest BCUT2D eigenvalue weighted by atomic mass is 19.4. The topological polar surface area (TPSA) is 86.0 Å². The number of benzene rings is 1. The second-order valence-electron chi connectivity index (χ2n) is 10.8. The molecule has 0 aliphatic carbocycles. The van der Waals surface area contributed by atoms with Crippen LogP contribution in [0.5, 0.6) is 0 Å². The molecule has 40 heavy (non-hydrogen) atoms. The monoisotopic (exact) mass is 552 g/mol. The van der Waals surface area contributed by atoms with Crippen LogP contribution in [0.1, 0.15) is 43.7 Å². The Hall–Kier alpha value is -3.95. The van der Waals surface area contributed by atoms with Gasteiger partial charge in [-0.15, -0.1) is 0 Å². The van der Waals surface area contributed by atoms with Crippen molar-refractivity contribution in [3.63, 3.8) is 0 Å². The summed E-state index contributed by atoms with van der Waals surface area (Å²) in [5.74, 6) is 1.32. The van der Waals surface area contributed by atoms with Crippen LogP contribution in [-0.2, 0) is 11.3 Å². The number of carbonyl (C=O) groups is 1. The van der Waals surface area contributed by atoms with Gasteiger partial charge in [-0.25, -0.2) is 0 Å². The van der Waals surface area contributed by atoms with Gasteiger partial charge in [-0.2, -0.15) is 13.2 Å². The molecule has 1 aromatic rings. The highest BCUT2D eigenvalue weighted by Gasteiger charge is 2.46. The van der Waals surface area contributed by atoms with Crippen LogP contribution in [-0.4, -0.2) is 46.5 Å². The smallest absolute Gasteiger partial charge is 0.392 e. The predicted octanol–water partition coefficient (Wildman–Crippen LogP) is 4.74. The van der Waals surface area contributed by atoms with Gasteiger partial charge in [0.15, 0.2) is 0 Å². The van der Waals surface area contributed by atoms with Gasteiger partial charge in [-0.1, -0.05) is 43.8 Å². The van der Waals surface area contributed by atoms with E-state index in [4.69, 9.17) is 5.73 Å². The summed E-state index contributed by atoms with van der Waals surface area (Å²) in [4.78, 5) is 21.3. The first-order valence-corrected chi connectivity index (χ1v) is 13.6. The number of aliphatic imine (C=N–C) groups is 1. The van der Waals surface area contributed by atoms with Crippen LogP contribution in [0.4, 0.5) is 13.2 Å². The molecule has 4 aliphatic rings. The Bertz CT molecular complexity index is 1290. The largest absolute Gasteiger partial charge is 0.397 e.